The second-order valence-corrected chi connectivity index (χ2v) is 9.74. The zero-order valence-corrected chi connectivity index (χ0v) is 18.8. The van der Waals surface area contributed by atoms with Crippen LogP contribution in [0.25, 0.3) is 11.4 Å². The first-order valence-electron chi connectivity index (χ1n) is 11.3. The third-order valence-corrected chi connectivity index (χ3v) is 7.68. The minimum absolute atomic E-state index is 0.161. The van der Waals surface area contributed by atoms with Crippen molar-refractivity contribution >= 4 is 17.5 Å². The van der Waals surface area contributed by atoms with Gasteiger partial charge in [0.15, 0.2) is 16.8 Å². The summed E-state index contributed by atoms with van der Waals surface area (Å²) in [5, 5.41) is 9.90. The minimum Gasteiger partial charge on any atom is -0.299 e. The molecule has 2 aliphatic rings. The molecule has 2 aromatic heterocycles. The molecule has 5 rings (SSSR count). The first-order chi connectivity index (χ1) is 15.2. The Morgan fingerprint density at radius 2 is 1.97 bits per heavy atom. The van der Waals surface area contributed by atoms with Crippen LogP contribution in [0, 0.1) is 5.92 Å². The normalized spacial score (nSPS) is 20.5. The van der Waals surface area contributed by atoms with Gasteiger partial charge in [-0.1, -0.05) is 43.7 Å². The monoisotopic (exact) mass is 432 g/mol. The molecule has 2 heterocycles. The third kappa shape index (κ3) is 4.18. The largest absolute Gasteiger partial charge is 0.299 e. The number of thioether (sulfide) groups is 1. The van der Waals surface area contributed by atoms with Gasteiger partial charge in [0, 0.05) is 29.6 Å². The van der Waals surface area contributed by atoms with E-state index in [1.807, 2.05) is 24.4 Å². The van der Waals surface area contributed by atoms with Crippen LogP contribution in [0.4, 0.5) is 0 Å². The first-order valence-corrected chi connectivity index (χ1v) is 12.3. The van der Waals surface area contributed by atoms with Crippen molar-refractivity contribution in [3.8, 4) is 11.4 Å². The van der Waals surface area contributed by atoms with Crippen molar-refractivity contribution < 1.29 is 4.79 Å². The number of fused-ring (bicyclic) bond motifs is 1. The van der Waals surface area contributed by atoms with Gasteiger partial charge in [-0.25, -0.2) is 0 Å². The molecule has 6 heteroatoms. The van der Waals surface area contributed by atoms with Crippen molar-refractivity contribution in [2.75, 3.05) is 5.75 Å². The molecule has 0 N–H and O–H groups in total. The van der Waals surface area contributed by atoms with Gasteiger partial charge in [0.1, 0.15) is 0 Å². The van der Waals surface area contributed by atoms with E-state index in [2.05, 4.69) is 38.8 Å². The predicted molar refractivity (Wildman–Crippen MR) is 123 cm³/mol. The molecule has 1 saturated carbocycles. The Hall–Kier alpha value is -2.47. The molecule has 0 aliphatic heterocycles. The Balaban J connectivity index is 1.41. The third-order valence-electron chi connectivity index (χ3n) is 6.73. The lowest BCUT2D eigenvalue weighted by molar-refractivity contribution is 0.102. The molecule has 0 unspecified atom stereocenters. The number of benzene rings is 1. The van der Waals surface area contributed by atoms with Crippen LogP contribution >= 0.6 is 11.8 Å². The molecule has 1 fully saturated rings. The summed E-state index contributed by atoms with van der Waals surface area (Å²) in [5.41, 5.74) is 4.53. The maximum Gasteiger partial charge on any atom is 0.192 e. The fourth-order valence-electron chi connectivity index (χ4n) is 5.01. The second-order valence-electron chi connectivity index (χ2n) is 8.80. The van der Waals surface area contributed by atoms with E-state index in [9.17, 15) is 4.79 Å². The van der Waals surface area contributed by atoms with E-state index in [1.54, 1.807) is 6.20 Å². The van der Waals surface area contributed by atoms with Gasteiger partial charge >= 0.3 is 0 Å². The van der Waals surface area contributed by atoms with Gasteiger partial charge in [-0.3, -0.25) is 14.3 Å². The van der Waals surface area contributed by atoms with E-state index in [4.69, 9.17) is 0 Å². The Morgan fingerprint density at radius 1 is 1.10 bits per heavy atom. The molecule has 3 aromatic rings. The Kier molecular flexibility index (Phi) is 5.90. The van der Waals surface area contributed by atoms with E-state index in [-0.39, 0.29) is 5.78 Å². The lowest BCUT2D eigenvalue weighted by Crippen LogP contribution is -2.22. The molecule has 1 aromatic carbocycles. The van der Waals surface area contributed by atoms with E-state index in [0.717, 1.165) is 41.4 Å². The number of rotatable bonds is 6. The SMILES string of the molecule is C[C@H]1CCCC[C@H]1n1c(SCC(=O)c2ccc3c(c2)CCC3)nnc1-c1cccnc1. The van der Waals surface area contributed by atoms with E-state index in [1.165, 1.54) is 48.6 Å². The van der Waals surface area contributed by atoms with Crippen molar-refractivity contribution in [2.24, 2.45) is 5.92 Å². The topological polar surface area (TPSA) is 60.7 Å². The molecule has 5 nitrogen and oxygen atoms in total. The van der Waals surface area contributed by atoms with Crippen molar-refractivity contribution in [1.82, 2.24) is 19.7 Å². The number of nitrogens with zero attached hydrogens (tertiary/aromatic N) is 4. The van der Waals surface area contributed by atoms with Crippen LogP contribution < -0.4 is 0 Å². The quantitative estimate of drug-likeness (QED) is 0.377. The van der Waals surface area contributed by atoms with Crippen molar-refractivity contribution in [1.29, 1.82) is 0 Å². The summed E-state index contributed by atoms with van der Waals surface area (Å²) in [5.74, 6) is 1.96. The summed E-state index contributed by atoms with van der Waals surface area (Å²) in [6.07, 6.45) is 11.9. The molecular weight excluding hydrogens is 404 g/mol. The number of aromatic nitrogens is 4. The average Bonchev–Trinajstić information content (AvgIpc) is 3.45. The number of hydrogen-bond donors (Lipinski definition) is 0. The molecule has 31 heavy (non-hydrogen) atoms. The highest BCUT2D eigenvalue weighted by atomic mass is 32.2. The lowest BCUT2D eigenvalue weighted by Gasteiger charge is -2.31. The van der Waals surface area contributed by atoms with Crippen molar-refractivity contribution in [2.45, 2.75) is 63.1 Å². The number of carbonyl (C=O) groups is 1. The number of hydrogen-bond acceptors (Lipinski definition) is 5. The van der Waals surface area contributed by atoms with Crippen LogP contribution in [-0.2, 0) is 12.8 Å². The number of Topliss-reactive ketones (excluding diaryl/α,β-unsaturated/α-hetero) is 1. The second kappa shape index (κ2) is 8.95. The van der Waals surface area contributed by atoms with Gasteiger partial charge in [-0.05, 0) is 67.3 Å². The van der Waals surface area contributed by atoms with Gasteiger partial charge in [-0.2, -0.15) is 0 Å². The zero-order chi connectivity index (χ0) is 21.2. The van der Waals surface area contributed by atoms with Gasteiger partial charge in [-0.15, -0.1) is 10.2 Å². The summed E-state index contributed by atoms with van der Waals surface area (Å²) in [6, 6.07) is 10.5. The van der Waals surface area contributed by atoms with Crippen LogP contribution in [0.2, 0.25) is 0 Å². The highest BCUT2D eigenvalue weighted by Crippen LogP contribution is 2.39. The molecule has 0 saturated heterocycles. The van der Waals surface area contributed by atoms with E-state index >= 15 is 0 Å². The van der Waals surface area contributed by atoms with Crippen LogP contribution in [0.5, 0.6) is 0 Å². The highest BCUT2D eigenvalue weighted by Gasteiger charge is 2.29. The highest BCUT2D eigenvalue weighted by molar-refractivity contribution is 7.99. The van der Waals surface area contributed by atoms with Gasteiger partial charge in [0.25, 0.3) is 0 Å². The fraction of sp³-hybridized carbons (Fsp3) is 0.440. The van der Waals surface area contributed by atoms with Crippen LogP contribution in [0.3, 0.4) is 0 Å². The maximum atomic E-state index is 13.0. The van der Waals surface area contributed by atoms with Crippen LogP contribution in [0.15, 0.2) is 47.9 Å². The summed E-state index contributed by atoms with van der Waals surface area (Å²) >= 11 is 1.51. The summed E-state index contributed by atoms with van der Waals surface area (Å²) < 4.78 is 2.28. The number of carbonyl (C=O) groups excluding carboxylic acids is 1. The van der Waals surface area contributed by atoms with Crippen molar-refractivity contribution in [3.63, 3.8) is 0 Å². The Morgan fingerprint density at radius 3 is 2.81 bits per heavy atom. The summed E-state index contributed by atoms with van der Waals surface area (Å²) in [6.45, 7) is 2.32. The molecular formula is C25H28N4OS. The smallest absolute Gasteiger partial charge is 0.192 e. The summed E-state index contributed by atoms with van der Waals surface area (Å²) in [4.78, 5) is 17.2. The predicted octanol–water partition coefficient (Wildman–Crippen LogP) is 5.56. The van der Waals surface area contributed by atoms with Gasteiger partial charge in [0.05, 0.1) is 5.75 Å². The van der Waals surface area contributed by atoms with Crippen LogP contribution in [-0.4, -0.2) is 31.3 Å². The van der Waals surface area contributed by atoms with Crippen LogP contribution in [0.1, 0.15) is 66.6 Å². The average molecular weight is 433 g/mol. The number of pyridine rings is 1. The van der Waals surface area contributed by atoms with Gasteiger partial charge < -0.3 is 0 Å². The zero-order valence-electron chi connectivity index (χ0n) is 18.0. The summed E-state index contributed by atoms with van der Waals surface area (Å²) in [7, 11) is 0. The maximum absolute atomic E-state index is 13.0. The molecule has 0 bridgehead atoms. The minimum atomic E-state index is 0.161. The number of aryl methyl sites for hydroxylation is 2. The van der Waals surface area contributed by atoms with Crippen molar-refractivity contribution in [3.05, 3.63) is 59.4 Å². The molecule has 0 amide bonds. The first kappa shape index (κ1) is 20.4. The standard InChI is InChI=1S/C25H28N4OS/c1-17-6-2-3-10-22(17)29-24(21-9-5-13-26-15-21)27-28-25(29)31-16-23(30)20-12-11-18-7-4-8-19(18)14-20/h5,9,11-15,17,22H,2-4,6-8,10,16H2,1H3/t17-,22+/m0/s1. The molecule has 0 spiro atoms. The molecule has 2 aliphatic carbocycles. The Labute approximate surface area is 187 Å². The molecule has 2 atom stereocenters. The molecule has 160 valence electrons. The fourth-order valence-corrected chi connectivity index (χ4v) is 5.89. The van der Waals surface area contributed by atoms with E-state index < -0.39 is 0 Å². The van der Waals surface area contributed by atoms with E-state index in [0.29, 0.717) is 17.7 Å². The lowest BCUT2D eigenvalue weighted by atomic mass is 9.85. The number of ketones is 1. The Bertz CT molecular complexity index is 1080. The molecule has 0 radical (unpaired) electrons. The van der Waals surface area contributed by atoms with Gasteiger partial charge in [0.2, 0.25) is 0 Å².